The Morgan fingerprint density at radius 3 is 2.52 bits per heavy atom. The number of ether oxygens (including phenoxy) is 2. The van der Waals surface area contributed by atoms with Gasteiger partial charge in [-0.05, 0) is 42.2 Å². The molecule has 0 atom stereocenters. The standard InChI is InChI=1S/C25H28N2O4/c28-24(10-8-19-7-9-22-23(17-19)31-16-4-15-30-22)27-13-11-21(12-14-27)25(29)26-18-20-5-2-1-3-6-20/h1-3,5-10,17,21H,4,11-16,18H2,(H,26,29). The highest BCUT2D eigenvalue weighted by molar-refractivity contribution is 5.92. The zero-order valence-electron chi connectivity index (χ0n) is 17.6. The van der Waals surface area contributed by atoms with Crippen LogP contribution in [-0.2, 0) is 16.1 Å². The number of hydrogen-bond acceptors (Lipinski definition) is 4. The van der Waals surface area contributed by atoms with Crippen LogP contribution in [0.1, 0.15) is 30.4 Å². The van der Waals surface area contributed by atoms with Crippen LogP contribution in [0.4, 0.5) is 0 Å². The van der Waals surface area contributed by atoms with Crippen LogP contribution in [0, 0.1) is 5.92 Å². The van der Waals surface area contributed by atoms with Crippen LogP contribution in [0.3, 0.4) is 0 Å². The number of carbonyl (C=O) groups excluding carboxylic acids is 2. The highest BCUT2D eigenvalue weighted by Gasteiger charge is 2.26. The predicted octanol–water partition coefficient (Wildman–Crippen LogP) is 3.42. The van der Waals surface area contributed by atoms with E-state index in [-0.39, 0.29) is 17.7 Å². The summed E-state index contributed by atoms with van der Waals surface area (Å²) in [5.74, 6) is 1.45. The minimum absolute atomic E-state index is 0.0322. The summed E-state index contributed by atoms with van der Waals surface area (Å²) >= 11 is 0. The molecule has 2 aromatic rings. The second kappa shape index (κ2) is 10.2. The Morgan fingerprint density at radius 1 is 1.00 bits per heavy atom. The summed E-state index contributed by atoms with van der Waals surface area (Å²) in [5.41, 5.74) is 1.98. The summed E-state index contributed by atoms with van der Waals surface area (Å²) in [6, 6.07) is 15.6. The van der Waals surface area contributed by atoms with E-state index in [2.05, 4.69) is 5.32 Å². The lowest BCUT2D eigenvalue weighted by Crippen LogP contribution is -2.42. The molecule has 6 nitrogen and oxygen atoms in total. The van der Waals surface area contributed by atoms with Gasteiger partial charge in [0.1, 0.15) is 0 Å². The van der Waals surface area contributed by atoms with Gasteiger partial charge in [0, 0.05) is 38.0 Å². The minimum Gasteiger partial charge on any atom is -0.490 e. The Balaban J connectivity index is 1.25. The smallest absolute Gasteiger partial charge is 0.246 e. The van der Waals surface area contributed by atoms with Crippen molar-refractivity contribution in [2.45, 2.75) is 25.8 Å². The van der Waals surface area contributed by atoms with E-state index >= 15 is 0 Å². The Morgan fingerprint density at radius 2 is 1.74 bits per heavy atom. The molecule has 6 heteroatoms. The van der Waals surface area contributed by atoms with Crippen molar-refractivity contribution in [3.8, 4) is 11.5 Å². The molecule has 0 spiro atoms. The molecule has 1 N–H and O–H groups in total. The minimum atomic E-state index is -0.0431. The number of benzene rings is 2. The molecule has 2 amide bonds. The third-order valence-corrected chi connectivity index (χ3v) is 5.68. The Bertz CT molecular complexity index is 934. The molecular weight excluding hydrogens is 392 g/mol. The Labute approximate surface area is 182 Å². The zero-order chi connectivity index (χ0) is 21.5. The maximum atomic E-state index is 12.6. The molecule has 1 fully saturated rings. The fourth-order valence-electron chi connectivity index (χ4n) is 3.85. The average Bonchev–Trinajstić information content (AvgIpc) is 3.07. The molecule has 2 aromatic carbocycles. The molecule has 2 aliphatic rings. The summed E-state index contributed by atoms with van der Waals surface area (Å²) in [6.45, 7) is 3.01. The Kier molecular flexibility index (Phi) is 6.87. The number of piperidine rings is 1. The number of rotatable bonds is 5. The van der Waals surface area contributed by atoms with Crippen LogP contribution < -0.4 is 14.8 Å². The van der Waals surface area contributed by atoms with Crippen LogP contribution in [0.2, 0.25) is 0 Å². The number of amides is 2. The van der Waals surface area contributed by atoms with Crippen molar-refractivity contribution in [3.05, 3.63) is 65.7 Å². The van der Waals surface area contributed by atoms with Gasteiger partial charge in [0.05, 0.1) is 13.2 Å². The van der Waals surface area contributed by atoms with Crippen molar-refractivity contribution < 1.29 is 19.1 Å². The summed E-state index contributed by atoms with van der Waals surface area (Å²) in [4.78, 5) is 26.8. The van der Waals surface area contributed by atoms with E-state index in [4.69, 9.17) is 9.47 Å². The lowest BCUT2D eigenvalue weighted by atomic mass is 9.95. The molecule has 4 rings (SSSR count). The van der Waals surface area contributed by atoms with Crippen LogP contribution >= 0.6 is 0 Å². The molecule has 0 radical (unpaired) electrons. The van der Waals surface area contributed by atoms with Crippen molar-refractivity contribution >= 4 is 17.9 Å². The molecule has 1 saturated heterocycles. The molecule has 31 heavy (non-hydrogen) atoms. The predicted molar refractivity (Wildman–Crippen MR) is 119 cm³/mol. The first-order valence-electron chi connectivity index (χ1n) is 10.9. The van der Waals surface area contributed by atoms with E-state index < -0.39 is 0 Å². The van der Waals surface area contributed by atoms with Crippen molar-refractivity contribution in [3.63, 3.8) is 0 Å². The van der Waals surface area contributed by atoms with Gasteiger partial charge in [0.25, 0.3) is 0 Å². The normalized spacial score (nSPS) is 16.7. The highest BCUT2D eigenvalue weighted by atomic mass is 16.5. The third-order valence-electron chi connectivity index (χ3n) is 5.68. The Hall–Kier alpha value is -3.28. The van der Waals surface area contributed by atoms with Gasteiger partial charge in [-0.25, -0.2) is 0 Å². The number of nitrogens with one attached hydrogen (secondary N) is 1. The second-order valence-corrected chi connectivity index (χ2v) is 7.89. The molecule has 0 unspecified atom stereocenters. The summed E-state index contributed by atoms with van der Waals surface area (Å²) in [5, 5.41) is 3.01. The highest BCUT2D eigenvalue weighted by Crippen LogP contribution is 2.30. The number of nitrogens with zero attached hydrogens (tertiary/aromatic N) is 1. The number of carbonyl (C=O) groups is 2. The fourth-order valence-corrected chi connectivity index (χ4v) is 3.85. The monoisotopic (exact) mass is 420 g/mol. The molecule has 162 valence electrons. The van der Waals surface area contributed by atoms with Crippen molar-refractivity contribution in [2.75, 3.05) is 26.3 Å². The van der Waals surface area contributed by atoms with E-state index in [0.29, 0.717) is 45.7 Å². The molecule has 0 saturated carbocycles. The quantitative estimate of drug-likeness (QED) is 0.753. The van der Waals surface area contributed by atoms with Crippen molar-refractivity contribution in [1.82, 2.24) is 10.2 Å². The van der Waals surface area contributed by atoms with E-state index in [1.54, 1.807) is 17.1 Å². The largest absolute Gasteiger partial charge is 0.490 e. The van der Waals surface area contributed by atoms with Gasteiger partial charge in [-0.15, -0.1) is 0 Å². The lowest BCUT2D eigenvalue weighted by Gasteiger charge is -2.30. The first kappa shape index (κ1) is 21.0. The molecule has 0 bridgehead atoms. The van der Waals surface area contributed by atoms with Gasteiger partial charge >= 0.3 is 0 Å². The van der Waals surface area contributed by atoms with E-state index in [0.717, 1.165) is 29.0 Å². The molecular formula is C25H28N2O4. The SMILES string of the molecule is O=C(NCc1ccccc1)C1CCN(C(=O)C=Cc2ccc3c(c2)OCCCO3)CC1. The average molecular weight is 421 g/mol. The van der Waals surface area contributed by atoms with Gasteiger partial charge in [0.2, 0.25) is 11.8 Å². The number of fused-ring (bicyclic) bond motifs is 1. The molecule has 0 aromatic heterocycles. The van der Waals surface area contributed by atoms with Gasteiger partial charge in [0.15, 0.2) is 11.5 Å². The zero-order valence-corrected chi connectivity index (χ0v) is 17.6. The first-order chi connectivity index (χ1) is 15.2. The van der Waals surface area contributed by atoms with Gasteiger partial charge in [-0.3, -0.25) is 9.59 Å². The second-order valence-electron chi connectivity index (χ2n) is 7.89. The molecule has 0 aliphatic carbocycles. The van der Waals surface area contributed by atoms with E-state index in [1.165, 1.54) is 0 Å². The van der Waals surface area contributed by atoms with Crippen molar-refractivity contribution in [1.29, 1.82) is 0 Å². The first-order valence-corrected chi connectivity index (χ1v) is 10.9. The van der Waals surface area contributed by atoms with Crippen LogP contribution in [0.25, 0.3) is 6.08 Å². The van der Waals surface area contributed by atoms with Crippen LogP contribution in [0.15, 0.2) is 54.6 Å². The maximum Gasteiger partial charge on any atom is 0.246 e. The van der Waals surface area contributed by atoms with Gasteiger partial charge < -0.3 is 19.7 Å². The summed E-state index contributed by atoms with van der Waals surface area (Å²) < 4.78 is 11.3. The topological polar surface area (TPSA) is 67.9 Å². The lowest BCUT2D eigenvalue weighted by molar-refractivity contribution is -0.132. The van der Waals surface area contributed by atoms with Crippen LogP contribution in [-0.4, -0.2) is 43.0 Å². The van der Waals surface area contributed by atoms with E-state index in [1.807, 2.05) is 48.5 Å². The molecule has 2 heterocycles. The third kappa shape index (κ3) is 5.66. The molecule has 2 aliphatic heterocycles. The summed E-state index contributed by atoms with van der Waals surface area (Å²) in [6.07, 6.45) is 5.62. The van der Waals surface area contributed by atoms with Gasteiger partial charge in [-0.2, -0.15) is 0 Å². The van der Waals surface area contributed by atoms with E-state index in [9.17, 15) is 9.59 Å². The summed E-state index contributed by atoms with van der Waals surface area (Å²) in [7, 11) is 0. The van der Waals surface area contributed by atoms with Gasteiger partial charge in [-0.1, -0.05) is 36.4 Å². The number of likely N-dealkylation sites (tertiary alicyclic amines) is 1. The maximum absolute atomic E-state index is 12.6. The van der Waals surface area contributed by atoms with Crippen molar-refractivity contribution in [2.24, 2.45) is 5.92 Å². The fraction of sp³-hybridized carbons (Fsp3) is 0.360. The number of hydrogen-bond donors (Lipinski definition) is 1. The van der Waals surface area contributed by atoms with Crippen LogP contribution in [0.5, 0.6) is 11.5 Å².